The maximum Gasteiger partial charge on any atom is 0.0422 e. The molecule has 2 aromatic rings. The van der Waals surface area contributed by atoms with Crippen molar-refractivity contribution in [2.75, 3.05) is 6.54 Å². The predicted octanol–water partition coefficient (Wildman–Crippen LogP) is 4.29. The molecule has 1 heterocycles. The van der Waals surface area contributed by atoms with Crippen molar-refractivity contribution >= 4 is 0 Å². The van der Waals surface area contributed by atoms with Gasteiger partial charge in [-0.25, -0.2) is 0 Å². The van der Waals surface area contributed by atoms with Crippen LogP contribution in [0.15, 0.2) is 36.5 Å². The van der Waals surface area contributed by atoms with Crippen molar-refractivity contribution in [3.05, 3.63) is 64.5 Å². The molecule has 2 rings (SSSR count). The number of pyridine rings is 1. The zero-order chi connectivity index (χ0) is 15.2. The summed E-state index contributed by atoms with van der Waals surface area (Å²) in [5, 5.41) is 3.66. The SMILES string of the molecule is CCCNC(Cc1ccc(C)cn1)c1ccc(C)c(C)c1. The van der Waals surface area contributed by atoms with Crippen LogP contribution in [0.2, 0.25) is 0 Å². The fraction of sp³-hybridized carbons (Fsp3) is 0.421. The summed E-state index contributed by atoms with van der Waals surface area (Å²) in [5.41, 5.74) is 6.42. The van der Waals surface area contributed by atoms with Crippen LogP contribution in [-0.2, 0) is 6.42 Å². The van der Waals surface area contributed by atoms with Crippen molar-refractivity contribution in [3.8, 4) is 0 Å². The fourth-order valence-corrected chi connectivity index (χ4v) is 2.44. The van der Waals surface area contributed by atoms with E-state index in [1.165, 1.54) is 22.3 Å². The zero-order valence-electron chi connectivity index (χ0n) is 13.6. The lowest BCUT2D eigenvalue weighted by Gasteiger charge is -2.20. The molecule has 0 aliphatic carbocycles. The Morgan fingerprint density at radius 2 is 1.86 bits per heavy atom. The van der Waals surface area contributed by atoms with Crippen LogP contribution in [-0.4, -0.2) is 11.5 Å². The molecular formula is C19H26N2. The van der Waals surface area contributed by atoms with E-state index in [2.05, 4.69) is 68.3 Å². The second-order valence-corrected chi connectivity index (χ2v) is 5.88. The Hall–Kier alpha value is -1.67. The number of rotatable bonds is 6. The van der Waals surface area contributed by atoms with Crippen molar-refractivity contribution in [2.24, 2.45) is 0 Å². The molecule has 1 aromatic heterocycles. The first-order valence-electron chi connectivity index (χ1n) is 7.82. The van der Waals surface area contributed by atoms with Gasteiger partial charge in [0.05, 0.1) is 0 Å². The van der Waals surface area contributed by atoms with Gasteiger partial charge in [-0.2, -0.15) is 0 Å². The Bertz CT molecular complexity index is 573. The molecule has 1 aromatic carbocycles. The summed E-state index contributed by atoms with van der Waals surface area (Å²) in [6.07, 6.45) is 4.03. The van der Waals surface area contributed by atoms with Crippen LogP contribution in [0, 0.1) is 20.8 Å². The molecule has 112 valence electrons. The summed E-state index contributed by atoms with van der Waals surface area (Å²) in [4.78, 5) is 4.55. The Morgan fingerprint density at radius 3 is 2.48 bits per heavy atom. The molecule has 0 radical (unpaired) electrons. The first-order valence-corrected chi connectivity index (χ1v) is 7.82. The first kappa shape index (κ1) is 15.7. The summed E-state index contributed by atoms with van der Waals surface area (Å²) in [7, 11) is 0. The highest BCUT2D eigenvalue weighted by Crippen LogP contribution is 2.20. The van der Waals surface area contributed by atoms with Crippen LogP contribution in [0.4, 0.5) is 0 Å². The van der Waals surface area contributed by atoms with Crippen molar-refractivity contribution in [1.82, 2.24) is 10.3 Å². The van der Waals surface area contributed by atoms with Gasteiger partial charge in [0.15, 0.2) is 0 Å². The minimum atomic E-state index is 0.333. The lowest BCUT2D eigenvalue weighted by atomic mass is 9.97. The van der Waals surface area contributed by atoms with Gasteiger partial charge >= 0.3 is 0 Å². The van der Waals surface area contributed by atoms with Crippen molar-refractivity contribution in [1.29, 1.82) is 0 Å². The minimum absolute atomic E-state index is 0.333. The normalized spacial score (nSPS) is 12.4. The van der Waals surface area contributed by atoms with Gasteiger partial charge in [-0.1, -0.05) is 31.2 Å². The van der Waals surface area contributed by atoms with E-state index in [4.69, 9.17) is 0 Å². The van der Waals surface area contributed by atoms with Crippen LogP contribution in [0.1, 0.15) is 47.3 Å². The first-order chi connectivity index (χ1) is 10.1. The van der Waals surface area contributed by atoms with E-state index in [9.17, 15) is 0 Å². The van der Waals surface area contributed by atoms with Gasteiger partial charge < -0.3 is 5.32 Å². The van der Waals surface area contributed by atoms with E-state index in [0.29, 0.717) is 6.04 Å². The highest BCUT2D eigenvalue weighted by molar-refractivity contribution is 5.32. The molecule has 0 fully saturated rings. The number of hydrogen-bond donors (Lipinski definition) is 1. The molecule has 1 unspecified atom stereocenters. The third kappa shape index (κ3) is 4.40. The Morgan fingerprint density at radius 1 is 1.05 bits per heavy atom. The smallest absolute Gasteiger partial charge is 0.0422 e. The molecule has 0 saturated heterocycles. The summed E-state index contributed by atoms with van der Waals surface area (Å²) in [6, 6.07) is 11.4. The maximum atomic E-state index is 4.55. The lowest BCUT2D eigenvalue weighted by Crippen LogP contribution is -2.24. The average Bonchev–Trinajstić information content (AvgIpc) is 2.48. The summed E-state index contributed by atoms with van der Waals surface area (Å²) in [5.74, 6) is 0. The average molecular weight is 282 g/mol. The molecule has 0 aliphatic heterocycles. The third-order valence-electron chi connectivity index (χ3n) is 3.96. The molecular weight excluding hydrogens is 256 g/mol. The van der Waals surface area contributed by atoms with Crippen molar-refractivity contribution < 1.29 is 0 Å². The number of nitrogens with zero attached hydrogens (tertiary/aromatic N) is 1. The summed E-state index contributed by atoms with van der Waals surface area (Å²) < 4.78 is 0. The van der Waals surface area contributed by atoms with Crippen molar-refractivity contribution in [3.63, 3.8) is 0 Å². The second-order valence-electron chi connectivity index (χ2n) is 5.88. The topological polar surface area (TPSA) is 24.9 Å². The maximum absolute atomic E-state index is 4.55. The standard InChI is InChI=1S/C19H26N2/c1-5-10-20-19(12-18-9-6-14(2)13-21-18)17-8-7-15(3)16(4)11-17/h6-9,11,13,19-20H,5,10,12H2,1-4H3. The largest absolute Gasteiger partial charge is 0.310 e. The quantitative estimate of drug-likeness (QED) is 0.855. The van der Waals surface area contributed by atoms with Gasteiger partial charge in [-0.15, -0.1) is 0 Å². The van der Waals surface area contributed by atoms with E-state index in [0.717, 1.165) is 25.1 Å². The molecule has 1 N–H and O–H groups in total. The van der Waals surface area contributed by atoms with Crippen LogP contribution >= 0.6 is 0 Å². The van der Waals surface area contributed by atoms with E-state index < -0.39 is 0 Å². The molecule has 0 aliphatic rings. The predicted molar refractivity (Wildman–Crippen MR) is 89.6 cm³/mol. The van der Waals surface area contributed by atoms with Gasteiger partial charge in [0.1, 0.15) is 0 Å². The number of benzene rings is 1. The zero-order valence-corrected chi connectivity index (χ0v) is 13.6. The number of hydrogen-bond acceptors (Lipinski definition) is 2. The summed E-state index contributed by atoms with van der Waals surface area (Å²) in [6.45, 7) is 9.65. The second kappa shape index (κ2) is 7.37. The molecule has 0 spiro atoms. The van der Waals surface area contributed by atoms with Crippen LogP contribution < -0.4 is 5.32 Å². The lowest BCUT2D eigenvalue weighted by molar-refractivity contribution is 0.524. The van der Waals surface area contributed by atoms with Crippen molar-refractivity contribution in [2.45, 2.75) is 46.6 Å². The van der Waals surface area contributed by atoms with Gasteiger partial charge in [-0.3, -0.25) is 4.98 Å². The third-order valence-corrected chi connectivity index (χ3v) is 3.96. The molecule has 21 heavy (non-hydrogen) atoms. The van der Waals surface area contributed by atoms with Crippen LogP contribution in [0.3, 0.4) is 0 Å². The van der Waals surface area contributed by atoms with Gasteiger partial charge in [-0.05, 0) is 62.1 Å². The molecule has 2 nitrogen and oxygen atoms in total. The fourth-order valence-electron chi connectivity index (χ4n) is 2.44. The highest BCUT2D eigenvalue weighted by atomic mass is 14.9. The number of nitrogens with one attached hydrogen (secondary N) is 1. The number of aryl methyl sites for hydroxylation is 3. The number of aromatic nitrogens is 1. The minimum Gasteiger partial charge on any atom is -0.310 e. The highest BCUT2D eigenvalue weighted by Gasteiger charge is 2.13. The van der Waals surface area contributed by atoms with E-state index in [1.807, 2.05) is 6.20 Å². The Labute approximate surface area is 128 Å². The molecule has 1 atom stereocenters. The van der Waals surface area contributed by atoms with Gasteiger partial charge in [0, 0.05) is 24.4 Å². The van der Waals surface area contributed by atoms with E-state index >= 15 is 0 Å². The molecule has 0 saturated carbocycles. The van der Waals surface area contributed by atoms with Gasteiger partial charge in [0.25, 0.3) is 0 Å². The Balaban J connectivity index is 2.20. The molecule has 2 heteroatoms. The van der Waals surface area contributed by atoms with Gasteiger partial charge in [0.2, 0.25) is 0 Å². The summed E-state index contributed by atoms with van der Waals surface area (Å²) >= 11 is 0. The van der Waals surface area contributed by atoms with Crippen LogP contribution in [0.5, 0.6) is 0 Å². The Kier molecular flexibility index (Phi) is 5.51. The van der Waals surface area contributed by atoms with E-state index in [1.54, 1.807) is 0 Å². The van der Waals surface area contributed by atoms with E-state index in [-0.39, 0.29) is 0 Å². The van der Waals surface area contributed by atoms with Crippen LogP contribution in [0.25, 0.3) is 0 Å². The monoisotopic (exact) mass is 282 g/mol. The molecule has 0 amide bonds. The molecule has 0 bridgehead atoms.